The molecule has 0 amide bonds. The molecule has 0 saturated heterocycles. The van der Waals surface area contributed by atoms with Crippen LogP contribution in [-0.4, -0.2) is 0 Å². The molecule has 0 rings (SSSR count). The predicted molar refractivity (Wildman–Crippen MR) is 20.0 cm³/mol. The average Bonchev–Trinajstić information content (AvgIpc) is 0. The molecule has 0 aromatic carbocycles. The Hall–Kier alpha value is -0.0405. The van der Waals surface area contributed by atoms with Gasteiger partial charge in [-0.25, -0.2) is 0 Å². The Morgan fingerprint density at radius 1 is 0.222 bits per heavy atom. The van der Waals surface area contributed by atoms with Crippen molar-refractivity contribution in [3.05, 3.63) is 0 Å². The molecule has 0 fully saturated rings. The third-order valence-corrected chi connectivity index (χ3v) is 0. The second kappa shape index (κ2) is 235000. The fourth-order valence-corrected chi connectivity index (χ4v) is 0. The molecule has 1 radical (unpaired) electrons. The summed E-state index contributed by atoms with van der Waals surface area (Å²) in [5, 5.41) is 0. The Bertz CT molecular complexity index is 4.53. The zero-order chi connectivity index (χ0) is 0. The van der Waals surface area contributed by atoms with Gasteiger partial charge in [-0.3, -0.25) is 37.6 Å². The first-order chi connectivity index (χ1) is 0. The molecule has 0 N–H and O–H groups in total. The van der Waals surface area contributed by atoms with Crippen LogP contribution < -0.4 is 0 Å². The molecule has 0 aromatic heterocycles. The number of rotatable bonds is 0. The van der Waals surface area contributed by atoms with Crippen molar-refractivity contribution in [2.75, 3.05) is 0 Å². The van der Waals surface area contributed by atoms with Crippen LogP contribution in [0.3, 0.4) is 0 Å². The first-order valence-corrected chi connectivity index (χ1v) is 0. The molecule has 9 heavy (non-hydrogen) atoms. The Labute approximate surface area is 55.8 Å². The summed E-state index contributed by atoms with van der Waals surface area (Å²) in [7, 11) is 0. The maximum absolute atomic E-state index is 0. The van der Waals surface area contributed by atoms with E-state index in [-0.39, 0.29) is 54.7 Å². The van der Waals surface area contributed by atoms with Crippen molar-refractivity contribution >= 4 is 0 Å². The number of hydrogen-bond acceptors (Lipinski definition) is 0. The SMILES string of the molecule is F.F.F.F.F.F.F.F.[Mn]. The molecular weight excluding hydrogens is 207 g/mol. The number of halogens is 8. The van der Waals surface area contributed by atoms with Crippen LogP contribution in [0.2, 0.25) is 0 Å². The van der Waals surface area contributed by atoms with Gasteiger partial charge in [0, 0.05) is 17.1 Å². The van der Waals surface area contributed by atoms with E-state index in [1.54, 1.807) is 0 Å². The molecule has 9 heteroatoms. The van der Waals surface area contributed by atoms with Crippen molar-refractivity contribution in [2.24, 2.45) is 0 Å². The summed E-state index contributed by atoms with van der Waals surface area (Å²) in [5.41, 5.74) is 0. The zero-order valence-electron chi connectivity index (χ0n) is 3.64. The molecule has 0 bridgehead atoms. The minimum absolute atomic E-state index is 0. The van der Waals surface area contributed by atoms with Gasteiger partial charge in [-0.1, -0.05) is 0 Å². The van der Waals surface area contributed by atoms with Crippen LogP contribution in [-0.2, 0) is 17.1 Å². The normalized spacial score (nSPS) is 0. The van der Waals surface area contributed by atoms with Gasteiger partial charge in [0.15, 0.2) is 0 Å². The topological polar surface area (TPSA) is 0 Å². The largest absolute Gasteiger partial charge is 0.269 e. The van der Waals surface area contributed by atoms with E-state index in [0.717, 1.165) is 0 Å². The third-order valence-electron chi connectivity index (χ3n) is 0. The van der Waals surface area contributed by atoms with Crippen molar-refractivity contribution < 1.29 is 54.7 Å². The Morgan fingerprint density at radius 2 is 0.222 bits per heavy atom. The van der Waals surface area contributed by atoms with Crippen LogP contribution in [0.5, 0.6) is 0 Å². The van der Waals surface area contributed by atoms with Gasteiger partial charge in [0.2, 0.25) is 0 Å². The second-order valence-electron chi connectivity index (χ2n) is 0. The van der Waals surface area contributed by atoms with E-state index in [4.69, 9.17) is 0 Å². The minimum atomic E-state index is 0. The molecule has 0 aliphatic rings. The Morgan fingerprint density at radius 3 is 0.222 bits per heavy atom. The van der Waals surface area contributed by atoms with Crippen LogP contribution in [0.25, 0.3) is 0 Å². The first-order valence-electron chi connectivity index (χ1n) is 0. The van der Waals surface area contributed by atoms with Gasteiger partial charge in [-0.05, 0) is 0 Å². The molecular formula is H8F8Mn. The van der Waals surface area contributed by atoms with Gasteiger partial charge in [0.1, 0.15) is 0 Å². The zero-order valence-corrected chi connectivity index (χ0v) is 4.82. The van der Waals surface area contributed by atoms with E-state index in [2.05, 4.69) is 0 Å². The van der Waals surface area contributed by atoms with E-state index in [0.29, 0.717) is 0 Å². The molecule has 0 aliphatic carbocycles. The summed E-state index contributed by atoms with van der Waals surface area (Å²) < 4.78 is 0. The maximum Gasteiger partial charge on any atom is 0 e. The fourth-order valence-electron chi connectivity index (χ4n) is 0. The third kappa shape index (κ3) is 172000. The van der Waals surface area contributed by atoms with Crippen molar-refractivity contribution in [2.45, 2.75) is 0 Å². The molecule has 0 aliphatic heterocycles. The molecule has 0 spiro atoms. The quantitative estimate of drug-likeness (QED) is 0.421. The van der Waals surface area contributed by atoms with Crippen molar-refractivity contribution in [1.29, 1.82) is 0 Å². The van der Waals surface area contributed by atoms with Gasteiger partial charge in [-0.15, -0.1) is 0 Å². The van der Waals surface area contributed by atoms with Gasteiger partial charge in [0.05, 0.1) is 0 Å². The van der Waals surface area contributed by atoms with Crippen LogP contribution in [0.4, 0.5) is 37.6 Å². The van der Waals surface area contributed by atoms with Crippen LogP contribution >= 0.6 is 0 Å². The minimum Gasteiger partial charge on any atom is -0.269 e. The van der Waals surface area contributed by atoms with E-state index in [1.165, 1.54) is 0 Å². The monoisotopic (exact) mass is 215 g/mol. The van der Waals surface area contributed by atoms with Gasteiger partial charge < -0.3 is 0 Å². The summed E-state index contributed by atoms with van der Waals surface area (Å²) in [4.78, 5) is 0. The standard InChI is InChI=1S/8FH.Mn/h8*1H;. The number of hydrogen-bond donors (Lipinski definition) is 0. The van der Waals surface area contributed by atoms with E-state index in [1.807, 2.05) is 0 Å². The van der Waals surface area contributed by atoms with Gasteiger partial charge in [0.25, 0.3) is 0 Å². The molecule has 0 unspecified atom stereocenters. The summed E-state index contributed by atoms with van der Waals surface area (Å²) >= 11 is 0. The van der Waals surface area contributed by atoms with Crippen LogP contribution in [0.1, 0.15) is 0 Å². The summed E-state index contributed by atoms with van der Waals surface area (Å²) in [6.07, 6.45) is 0. The summed E-state index contributed by atoms with van der Waals surface area (Å²) in [6, 6.07) is 0. The maximum atomic E-state index is 0. The van der Waals surface area contributed by atoms with Gasteiger partial charge in [-0.2, -0.15) is 0 Å². The predicted octanol–water partition coefficient (Wildman–Crippen LogP) is 1.22. The average molecular weight is 215 g/mol. The molecule has 0 atom stereocenters. The summed E-state index contributed by atoms with van der Waals surface area (Å²) in [6.45, 7) is 0. The molecule has 0 nitrogen and oxygen atoms in total. The van der Waals surface area contributed by atoms with Crippen molar-refractivity contribution in [3.63, 3.8) is 0 Å². The Balaban J connectivity index is 0. The van der Waals surface area contributed by atoms with Crippen LogP contribution in [0, 0.1) is 0 Å². The molecule has 0 saturated carbocycles. The first kappa shape index (κ1) is 346000. The summed E-state index contributed by atoms with van der Waals surface area (Å²) in [5.74, 6) is 0. The van der Waals surface area contributed by atoms with Crippen LogP contribution in [0.15, 0.2) is 0 Å². The van der Waals surface area contributed by atoms with E-state index >= 15 is 0 Å². The Kier molecular flexibility index (Phi) is 9020000000. The molecule has 0 aromatic rings. The van der Waals surface area contributed by atoms with E-state index < -0.39 is 0 Å². The van der Waals surface area contributed by atoms with Crippen molar-refractivity contribution in [1.82, 2.24) is 0 Å². The fraction of sp³-hybridized carbons (Fsp3) is 0. The van der Waals surface area contributed by atoms with Crippen molar-refractivity contribution in [3.8, 4) is 0 Å². The molecule has 0 heterocycles. The van der Waals surface area contributed by atoms with Gasteiger partial charge >= 0.3 is 0 Å². The smallest absolute Gasteiger partial charge is 0 e. The molecule has 71 valence electrons. The van der Waals surface area contributed by atoms with E-state index in [9.17, 15) is 0 Å². The second-order valence-corrected chi connectivity index (χ2v) is 0.